The summed E-state index contributed by atoms with van der Waals surface area (Å²) in [6.07, 6.45) is 1.54. The van der Waals surface area contributed by atoms with Crippen molar-refractivity contribution in [2.45, 2.75) is 38.5 Å². The minimum Gasteiger partial charge on any atom is -0.317 e. The molecule has 0 atom stereocenters. The normalized spacial score (nSPS) is 16.4. The van der Waals surface area contributed by atoms with Crippen LogP contribution >= 0.6 is 12.4 Å². The Hall–Kier alpha value is -1.22. The van der Waals surface area contributed by atoms with Crippen LogP contribution in [0.5, 0.6) is 0 Å². The van der Waals surface area contributed by atoms with Crippen molar-refractivity contribution in [1.82, 2.24) is 9.62 Å². The van der Waals surface area contributed by atoms with Gasteiger partial charge in [0, 0.05) is 18.7 Å². The molecule has 142 valence electrons. The summed E-state index contributed by atoms with van der Waals surface area (Å²) in [7, 11) is -3.86. The van der Waals surface area contributed by atoms with Crippen LogP contribution in [0.1, 0.15) is 30.9 Å². The van der Waals surface area contributed by atoms with Crippen LogP contribution < -0.4 is 5.32 Å². The number of aryl methyl sites for hydroxylation is 2. The molecule has 0 spiro atoms. The fourth-order valence-electron chi connectivity index (χ4n) is 3.15. The van der Waals surface area contributed by atoms with E-state index in [4.69, 9.17) is 0 Å². The van der Waals surface area contributed by atoms with E-state index in [9.17, 15) is 18.5 Å². The van der Waals surface area contributed by atoms with E-state index in [0.717, 1.165) is 25.9 Å². The molecule has 0 bridgehead atoms. The molecule has 0 unspecified atom stereocenters. The molecule has 0 amide bonds. The lowest BCUT2D eigenvalue weighted by atomic mass is 9.98. The van der Waals surface area contributed by atoms with E-state index in [1.54, 1.807) is 26.0 Å². The minimum atomic E-state index is -3.86. The molecule has 1 saturated heterocycles. The molecule has 1 aliphatic rings. The third-order valence-corrected chi connectivity index (χ3v) is 6.64. The zero-order chi connectivity index (χ0) is 17.9. The van der Waals surface area contributed by atoms with Crippen molar-refractivity contribution < 1.29 is 13.3 Å². The van der Waals surface area contributed by atoms with Crippen LogP contribution in [0.4, 0.5) is 5.69 Å². The van der Waals surface area contributed by atoms with Crippen molar-refractivity contribution in [1.29, 1.82) is 0 Å². The second-order valence-corrected chi connectivity index (χ2v) is 8.16. The molecule has 25 heavy (non-hydrogen) atoms. The molecule has 2 rings (SSSR count). The molecule has 1 fully saturated rings. The Kier molecular flexibility index (Phi) is 7.80. The van der Waals surface area contributed by atoms with Gasteiger partial charge in [0.15, 0.2) is 4.90 Å². The standard InChI is InChI=1S/C16H25N3O4S.ClH/c1-4-17-11-14-7-9-18(10-8-14)24(22,23)16-13(3)6-5-12(2)15(16)19(20)21;/h5-6,14,17H,4,7-11H2,1-3H3;1H. The van der Waals surface area contributed by atoms with Crippen LogP contribution in [0.2, 0.25) is 0 Å². The second-order valence-electron chi connectivity index (χ2n) is 6.29. The molecule has 1 aliphatic heterocycles. The maximum Gasteiger partial charge on any atom is 0.292 e. The zero-order valence-corrected chi connectivity index (χ0v) is 16.5. The molecule has 0 aliphatic carbocycles. The summed E-state index contributed by atoms with van der Waals surface area (Å²) in [5.41, 5.74) is 0.484. The van der Waals surface area contributed by atoms with E-state index in [-0.39, 0.29) is 23.0 Å². The van der Waals surface area contributed by atoms with E-state index in [1.807, 2.05) is 6.92 Å². The number of nitrogens with zero attached hydrogens (tertiary/aromatic N) is 2. The number of hydrogen-bond donors (Lipinski definition) is 1. The smallest absolute Gasteiger partial charge is 0.292 e. The van der Waals surface area contributed by atoms with Crippen molar-refractivity contribution in [3.8, 4) is 0 Å². The fourth-order valence-corrected chi connectivity index (χ4v) is 5.06. The third-order valence-electron chi connectivity index (χ3n) is 4.57. The zero-order valence-electron chi connectivity index (χ0n) is 14.8. The summed E-state index contributed by atoms with van der Waals surface area (Å²) in [5.74, 6) is 0.449. The largest absolute Gasteiger partial charge is 0.317 e. The van der Waals surface area contributed by atoms with Crippen molar-refractivity contribution >= 4 is 28.1 Å². The molecule has 1 aromatic carbocycles. The van der Waals surface area contributed by atoms with Gasteiger partial charge >= 0.3 is 0 Å². The molecule has 0 aromatic heterocycles. The Morgan fingerprint density at radius 2 is 1.80 bits per heavy atom. The number of rotatable bonds is 6. The summed E-state index contributed by atoms with van der Waals surface area (Å²) < 4.78 is 27.4. The van der Waals surface area contributed by atoms with Gasteiger partial charge in [0.1, 0.15) is 0 Å². The predicted octanol–water partition coefficient (Wildman–Crippen LogP) is 2.64. The first-order valence-electron chi connectivity index (χ1n) is 8.24. The molecule has 1 aromatic rings. The molecule has 1 N–H and O–H groups in total. The van der Waals surface area contributed by atoms with Gasteiger partial charge in [0.05, 0.1) is 4.92 Å². The SMILES string of the molecule is CCNCC1CCN(S(=O)(=O)c2c(C)ccc(C)c2[N+](=O)[O-])CC1.Cl. The van der Waals surface area contributed by atoms with Gasteiger partial charge in [-0.15, -0.1) is 12.4 Å². The van der Waals surface area contributed by atoms with Gasteiger partial charge in [0.25, 0.3) is 5.69 Å². The van der Waals surface area contributed by atoms with Crippen LogP contribution in [0.15, 0.2) is 17.0 Å². The van der Waals surface area contributed by atoms with Crippen molar-refractivity contribution in [3.05, 3.63) is 33.4 Å². The van der Waals surface area contributed by atoms with Gasteiger partial charge in [0.2, 0.25) is 10.0 Å². The Morgan fingerprint density at radius 1 is 1.24 bits per heavy atom. The summed E-state index contributed by atoms with van der Waals surface area (Å²) in [5, 5.41) is 14.7. The van der Waals surface area contributed by atoms with E-state index in [1.165, 1.54) is 4.31 Å². The van der Waals surface area contributed by atoms with Crippen LogP contribution in [0.3, 0.4) is 0 Å². The first kappa shape index (κ1) is 21.8. The topological polar surface area (TPSA) is 92.6 Å². The van der Waals surface area contributed by atoms with E-state index in [0.29, 0.717) is 30.1 Å². The quantitative estimate of drug-likeness (QED) is 0.594. The lowest BCUT2D eigenvalue weighted by Gasteiger charge is -2.31. The molecule has 0 saturated carbocycles. The lowest BCUT2D eigenvalue weighted by molar-refractivity contribution is -0.388. The Morgan fingerprint density at radius 3 is 2.32 bits per heavy atom. The average molecular weight is 392 g/mol. The number of piperidine rings is 1. The second kappa shape index (κ2) is 8.93. The highest BCUT2D eigenvalue weighted by molar-refractivity contribution is 7.89. The van der Waals surface area contributed by atoms with E-state index in [2.05, 4.69) is 5.32 Å². The number of nitro benzene ring substituents is 1. The third kappa shape index (κ3) is 4.69. The van der Waals surface area contributed by atoms with E-state index >= 15 is 0 Å². The van der Waals surface area contributed by atoms with Crippen LogP contribution in [0.25, 0.3) is 0 Å². The summed E-state index contributed by atoms with van der Waals surface area (Å²) >= 11 is 0. The van der Waals surface area contributed by atoms with Gasteiger partial charge < -0.3 is 5.32 Å². The highest BCUT2D eigenvalue weighted by atomic mass is 35.5. The molecule has 0 radical (unpaired) electrons. The number of sulfonamides is 1. The Labute approximate surface area is 155 Å². The van der Waals surface area contributed by atoms with Crippen molar-refractivity contribution in [2.24, 2.45) is 5.92 Å². The first-order chi connectivity index (χ1) is 11.3. The van der Waals surface area contributed by atoms with Gasteiger partial charge in [-0.3, -0.25) is 10.1 Å². The number of nitrogens with one attached hydrogen (secondary N) is 1. The number of benzene rings is 1. The Bertz CT molecular complexity index is 716. The predicted molar refractivity (Wildman–Crippen MR) is 99.8 cm³/mol. The number of hydrogen-bond acceptors (Lipinski definition) is 5. The number of nitro groups is 1. The van der Waals surface area contributed by atoms with Gasteiger partial charge in [-0.1, -0.05) is 19.1 Å². The van der Waals surface area contributed by atoms with Crippen molar-refractivity contribution in [3.63, 3.8) is 0 Å². The summed E-state index contributed by atoms with van der Waals surface area (Å²) in [4.78, 5) is 10.7. The number of halogens is 1. The highest BCUT2D eigenvalue weighted by Gasteiger charge is 2.36. The van der Waals surface area contributed by atoms with Crippen LogP contribution in [-0.4, -0.2) is 43.8 Å². The van der Waals surface area contributed by atoms with Gasteiger partial charge in [-0.05, 0) is 51.3 Å². The monoisotopic (exact) mass is 391 g/mol. The van der Waals surface area contributed by atoms with Crippen LogP contribution in [0, 0.1) is 29.9 Å². The van der Waals surface area contributed by atoms with Gasteiger partial charge in [-0.2, -0.15) is 4.31 Å². The lowest BCUT2D eigenvalue weighted by Crippen LogP contribution is -2.41. The highest BCUT2D eigenvalue weighted by Crippen LogP contribution is 2.34. The Balaban J connectivity index is 0.00000312. The summed E-state index contributed by atoms with van der Waals surface area (Å²) in [6, 6.07) is 3.22. The van der Waals surface area contributed by atoms with E-state index < -0.39 is 14.9 Å². The molecule has 1 heterocycles. The van der Waals surface area contributed by atoms with Gasteiger partial charge in [-0.25, -0.2) is 8.42 Å². The fraction of sp³-hybridized carbons (Fsp3) is 0.625. The van der Waals surface area contributed by atoms with Crippen molar-refractivity contribution in [2.75, 3.05) is 26.2 Å². The maximum atomic E-state index is 13.0. The molecular formula is C16H26ClN3O4S. The minimum absolute atomic E-state index is 0. The molecular weight excluding hydrogens is 366 g/mol. The molecule has 9 heteroatoms. The summed E-state index contributed by atoms with van der Waals surface area (Å²) in [6.45, 7) is 7.81. The maximum absolute atomic E-state index is 13.0. The molecule has 7 nitrogen and oxygen atoms in total. The average Bonchev–Trinajstić information content (AvgIpc) is 2.54. The first-order valence-corrected chi connectivity index (χ1v) is 9.68. The van der Waals surface area contributed by atoms with Crippen LogP contribution in [-0.2, 0) is 10.0 Å².